The Morgan fingerprint density at radius 1 is 0.952 bits per heavy atom. The first kappa shape index (κ1) is 13.5. The molecule has 0 radical (unpaired) electrons. The second-order valence-corrected chi connectivity index (χ2v) is 5.14. The van der Waals surface area contributed by atoms with Crippen LogP contribution < -0.4 is 5.32 Å². The van der Waals surface area contributed by atoms with Crippen molar-refractivity contribution in [3.8, 4) is 6.07 Å². The zero-order chi connectivity index (χ0) is 14.5. The van der Waals surface area contributed by atoms with Crippen LogP contribution in [-0.4, -0.2) is 13.1 Å². The predicted octanol–water partition coefficient (Wildman–Crippen LogP) is 4.05. The maximum atomic E-state index is 8.74. The zero-order valence-corrected chi connectivity index (χ0v) is 11.7. The van der Waals surface area contributed by atoms with Gasteiger partial charge >= 0.3 is 0 Å². The molecule has 4 nitrogen and oxygen atoms in total. The van der Waals surface area contributed by atoms with Gasteiger partial charge in [-0.3, -0.25) is 0 Å². The highest BCUT2D eigenvalue weighted by Crippen LogP contribution is 2.25. The van der Waals surface area contributed by atoms with Gasteiger partial charge in [-0.25, -0.2) is 0 Å². The molecule has 2 aromatic carbocycles. The zero-order valence-electron chi connectivity index (χ0n) is 11.7. The van der Waals surface area contributed by atoms with E-state index in [0.29, 0.717) is 11.5 Å². The number of nitrogens with one attached hydrogen (secondary N) is 1. The maximum Gasteiger partial charge on any atom is 0.0991 e. The van der Waals surface area contributed by atoms with Crippen LogP contribution in [0.25, 0.3) is 0 Å². The summed E-state index contributed by atoms with van der Waals surface area (Å²) in [6.45, 7) is 2.16. The lowest BCUT2D eigenvalue weighted by molar-refractivity contribution is 0.763. The van der Waals surface area contributed by atoms with E-state index in [2.05, 4.69) is 33.7 Å². The molecule has 0 spiro atoms. The molecule has 21 heavy (non-hydrogen) atoms. The van der Waals surface area contributed by atoms with Gasteiger partial charge in [-0.15, -0.1) is 0 Å². The van der Waals surface area contributed by atoms with Crippen LogP contribution in [0.4, 0.5) is 11.4 Å². The average molecular weight is 276 g/mol. The molecule has 1 N–H and O–H groups in total. The van der Waals surface area contributed by atoms with Gasteiger partial charge in [0.15, 0.2) is 0 Å². The van der Waals surface area contributed by atoms with Gasteiger partial charge in [-0.1, -0.05) is 12.1 Å². The van der Waals surface area contributed by atoms with Crippen LogP contribution in [0.2, 0.25) is 0 Å². The number of nitrogens with zero attached hydrogens (tertiary/aromatic N) is 3. The predicted molar refractivity (Wildman–Crippen MR) is 82.0 cm³/mol. The van der Waals surface area contributed by atoms with E-state index in [1.165, 1.54) is 12.0 Å². The molecular weight excluding hydrogens is 260 g/mol. The number of hydrogen-bond donors (Lipinski definition) is 1. The van der Waals surface area contributed by atoms with Crippen molar-refractivity contribution in [2.24, 2.45) is 10.2 Å². The van der Waals surface area contributed by atoms with Gasteiger partial charge in [0.05, 0.1) is 23.0 Å². The number of rotatable bonds is 3. The van der Waals surface area contributed by atoms with Crippen molar-refractivity contribution in [2.75, 3.05) is 13.1 Å². The van der Waals surface area contributed by atoms with Crippen LogP contribution in [0.1, 0.15) is 23.5 Å². The molecule has 1 atom stereocenters. The topological polar surface area (TPSA) is 60.5 Å². The fourth-order valence-corrected chi connectivity index (χ4v) is 2.47. The quantitative estimate of drug-likeness (QED) is 0.860. The lowest BCUT2D eigenvalue weighted by Gasteiger charge is -2.07. The fraction of sp³-hybridized carbons (Fsp3) is 0.235. The van der Waals surface area contributed by atoms with Gasteiger partial charge in [0.1, 0.15) is 0 Å². The largest absolute Gasteiger partial charge is 0.316 e. The summed E-state index contributed by atoms with van der Waals surface area (Å²) in [5.41, 5.74) is 3.58. The average Bonchev–Trinajstić information content (AvgIpc) is 3.08. The Kier molecular flexibility index (Phi) is 4.04. The van der Waals surface area contributed by atoms with Crippen LogP contribution in [0.5, 0.6) is 0 Å². The lowest BCUT2D eigenvalue weighted by atomic mass is 9.98. The van der Waals surface area contributed by atoms with E-state index in [1.54, 1.807) is 24.3 Å². The smallest absolute Gasteiger partial charge is 0.0991 e. The van der Waals surface area contributed by atoms with Crippen molar-refractivity contribution < 1.29 is 0 Å². The first-order valence-corrected chi connectivity index (χ1v) is 7.08. The summed E-state index contributed by atoms with van der Waals surface area (Å²) in [7, 11) is 0. The van der Waals surface area contributed by atoms with Gasteiger partial charge in [0.2, 0.25) is 0 Å². The SMILES string of the molecule is N#Cc1ccc(N=Nc2ccc(C3CCNC3)cc2)cc1. The minimum atomic E-state index is 0.620. The van der Waals surface area contributed by atoms with E-state index in [1.807, 2.05) is 12.1 Å². The highest BCUT2D eigenvalue weighted by Gasteiger charge is 2.15. The Labute approximate surface area is 124 Å². The number of nitriles is 1. The molecule has 0 amide bonds. The van der Waals surface area contributed by atoms with Gasteiger partial charge in [0.25, 0.3) is 0 Å². The Morgan fingerprint density at radius 3 is 2.10 bits per heavy atom. The lowest BCUT2D eigenvalue weighted by Crippen LogP contribution is -2.07. The molecule has 0 saturated carbocycles. The molecule has 1 heterocycles. The Hall–Kier alpha value is -2.51. The molecule has 104 valence electrons. The van der Waals surface area contributed by atoms with E-state index in [9.17, 15) is 0 Å². The molecule has 3 rings (SSSR count). The Bertz CT molecular complexity index is 659. The molecule has 2 aromatic rings. The first-order valence-electron chi connectivity index (χ1n) is 7.08. The number of hydrogen-bond acceptors (Lipinski definition) is 4. The van der Waals surface area contributed by atoms with E-state index < -0.39 is 0 Å². The standard InChI is InChI=1S/C17H16N4/c18-11-13-1-5-16(6-2-13)20-21-17-7-3-14(4-8-17)15-9-10-19-12-15/h1-8,15,19H,9-10,12H2. The molecule has 1 saturated heterocycles. The van der Waals surface area contributed by atoms with Crippen LogP contribution in [0, 0.1) is 11.3 Å². The molecule has 0 aliphatic carbocycles. The molecule has 1 aliphatic rings. The highest BCUT2D eigenvalue weighted by atomic mass is 15.1. The van der Waals surface area contributed by atoms with E-state index in [-0.39, 0.29) is 0 Å². The van der Waals surface area contributed by atoms with E-state index in [4.69, 9.17) is 5.26 Å². The van der Waals surface area contributed by atoms with Crippen molar-refractivity contribution in [3.05, 3.63) is 59.7 Å². The molecule has 0 bridgehead atoms. The monoisotopic (exact) mass is 276 g/mol. The second-order valence-electron chi connectivity index (χ2n) is 5.14. The third kappa shape index (κ3) is 3.33. The highest BCUT2D eigenvalue weighted by molar-refractivity contribution is 5.44. The van der Waals surface area contributed by atoms with Crippen LogP contribution >= 0.6 is 0 Å². The van der Waals surface area contributed by atoms with Gasteiger partial charge in [-0.2, -0.15) is 15.5 Å². The normalized spacial score (nSPS) is 18.0. The summed E-state index contributed by atoms with van der Waals surface area (Å²) >= 11 is 0. The van der Waals surface area contributed by atoms with E-state index >= 15 is 0 Å². The number of benzene rings is 2. The van der Waals surface area contributed by atoms with Crippen LogP contribution in [-0.2, 0) is 0 Å². The maximum absolute atomic E-state index is 8.74. The Morgan fingerprint density at radius 2 is 1.57 bits per heavy atom. The third-order valence-corrected chi connectivity index (χ3v) is 3.70. The minimum absolute atomic E-state index is 0.620. The van der Waals surface area contributed by atoms with Crippen LogP contribution in [0.3, 0.4) is 0 Å². The summed E-state index contributed by atoms with van der Waals surface area (Å²) < 4.78 is 0. The third-order valence-electron chi connectivity index (χ3n) is 3.70. The fourth-order valence-electron chi connectivity index (χ4n) is 2.47. The minimum Gasteiger partial charge on any atom is -0.316 e. The molecule has 1 unspecified atom stereocenters. The first-order chi connectivity index (χ1) is 10.3. The van der Waals surface area contributed by atoms with Gasteiger partial charge in [-0.05, 0) is 60.8 Å². The van der Waals surface area contributed by atoms with Gasteiger partial charge < -0.3 is 5.32 Å². The van der Waals surface area contributed by atoms with Crippen molar-refractivity contribution in [3.63, 3.8) is 0 Å². The molecule has 1 aliphatic heterocycles. The molecule has 0 aromatic heterocycles. The van der Waals surface area contributed by atoms with Gasteiger partial charge in [0, 0.05) is 6.54 Å². The summed E-state index contributed by atoms with van der Waals surface area (Å²) in [6.07, 6.45) is 1.20. The summed E-state index contributed by atoms with van der Waals surface area (Å²) in [6, 6.07) is 17.4. The Balaban J connectivity index is 1.69. The van der Waals surface area contributed by atoms with Crippen molar-refractivity contribution in [1.82, 2.24) is 5.32 Å². The van der Waals surface area contributed by atoms with Crippen molar-refractivity contribution in [1.29, 1.82) is 5.26 Å². The van der Waals surface area contributed by atoms with Crippen molar-refractivity contribution >= 4 is 11.4 Å². The summed E-state index contributed by atoms with van der Waals surface area (Å²) in [4.78, 5) is 0. The summed E-state index contributed by atoms with van der Waals surface area (Å²) in [5.74, 6) is 0.620. The number of azo groups is 1. The molecular formula is C17H16N4. The second kappa shape index (κ2) is 6.29. The van der Waals surface area contributed by atoms with Crippen molar-refractivity contribution in [2.45, 2.75) is 12.3 Å². The summed E-state index contributed by atoms with van der Waals surface area (Å²) in [5, 5.41) is 20.5. The van der Waals surface area contributed by atoms with Crippen LogP contribution in [0.15, 0.2) is 58.8 Å². The van der Waals surface area contributed by atoms with E-state index in [0.717, 1.165) is 24.5 Å². The molecule has 4 heteroatoms. The molecule has 1 fully saturated rings.